The van der Waals surface area contributed by atoms with Gasteiger partial charge in [0, 0.05) is 12.1 Å². The summed E-state index contributed by atoms with van der Waals surface area (Å²) in [4.78, 5) is 15.0. The first-order chi connectivity index (χ1) is 14.2. The molecule has 0 spiro atoms. The molecule has 4 rings (SSSR count). The number of nitrogens with zero attached hydrogens (tertiary/aromatic N) is 1. The van der Waals surface area contributed by atoms with E-state index < -0.39 is 0 Å². The van der Waals surface area contributed by atoms with Crippen LogP contribution in [0.15, 0.2) is 84.9 Å². The van der Waals surface area contributed by atoms with Crippen molar-refractivity contribution in [2.24, 2.45) is 0 Å². The van der Waals surface area contributed by atoms with Crippen molar-refractivity contribution in [2.75, 3.05) is 13.1 Å². The monoisotopic (exact) mass is 387 g/mol. The molecule has 1 aliphatic rings. The van der Waals surface area contributed by atoms with E-state index in [1.54, 1.807) is 0 Å². The van der Waals surface area contributed by atoms with Crippen LogP contribution in [0.2, 0.25) is 0 Å². The summed E-state index contributed by atoms with van der Waals surface area (Å²) in [5.74, 6) is 0.701. The van der Waals surface area contributed by atoms with E-state index in [0.717, 1.165) is 11.1 Å². The Balaban J connectivity index is 1.45. The lowest BCUT2D eigenvalue weighted by atomic mass is 10.1. The third kappa shape index (κ3) is 4.84. The zero-order valence-corrected chi connectivity index (χ0v) is 16.5. The van der Waals surface area contributed by atoms with Gasteiger partial charge in [0.05, 0.1) is 12.6 Å². The number of benzene rings is 3. The molecule has 4 heteroatoms. The van der Waals surface area contributed by atoms with Gasteiger partial charge in [-0.3, -0.25) is 4.79 Å². The second-order valence-electron chi connectivity index (χ2n) is 7.36. The fourth-order valence-electron chi connectivity index (χ4n) is 3.61. The maximum Gasteiger partial charge on any atom is 0.254 e. The van der Waals surface area contributed by atoms with Crippen LogP contribution >= 0.6 is 0 Å². The number of carbonyl (C=O) groups excluding carboxylic acids is 1. The highest BCUT2D eigenvalue weighted by Crippen LogP contribution is 2.26. The fourth-order valence-corrected chi connectivity index (χ4v) is 3.61. The van der Waals surface area contributed by atoms with Gasteiger partial charge in [0.25, 0.3) is 5.91 Å². The van der Waals surface area contributed by atoms with Gasteiger partial charge in [-0.05, 0) is 36.2 Å². The number of hydrogen-bond donors (Lipinski definition) is 0. The van der Waals surface area contributed by atoms with Crippen LogP contribution in [-0.4, -0.2) is 30.0 Å². The van der Waals surface area contributed by atoms with Crippen LogP contribution in [0.3, 0.4) is 0 Å². The van der Waals surface area contributed by atoms with Gasteiger partial charge < -0.3 is 14.4 Å². The summed E-state index contributed by atoms with van der Waals surface area (Å²) in [6, 6.07) is 27.5. The summed E-state index contributed by atoms with van der Waals surface area (Å²) in [6.07, 6.45) is -0.128. The lowest BCUT2D eigenvalue weighted by Crippen LogP contribution is -2.45. The summed E-state index contributed by atoms with van der Waals surface area (Å²) in [6.45, 7) is 3.61. The molecule has 1 aliphatic heterocycles. The van der Waals surface area contributed by atoms with Gasteiger partial charge >= 0.3 is 0 Å². The van der Waals surface area contributed by atoms with E-state index in [1.165, 1.54) is 0 Å². The molecule has 29 heavy (non-hydrogen) atoms. The normalized spacial score (nSPS) is 19.0. The molecule has 4 nitrogen and oxygen atoms in total. The Kier molecular flexibility index (Phi) is 5.92. The minimum Gasteiger partial charge on any atom is -0.489 e. The molecule has 0 bridgehead atoms. The number of hydrogen-bond acceptors (Lipinski definition) is 3. The van der Waals surface area contributed by atoms with Gasteiger partial charge in [0.15, 0.2) is 0 Å². The van der Waals surface area contributed by atoms with Crippen LogP contribution in [0.4, 0.5) is 0 Å². The van der Waals surface area contributed by atoms with Crippen LogP contribution in [0.5, 0.6) is 5.75 Å². The molecule has 2 atom stereocenters. The zero-order chi connectivity index (χ0) is 20.1. The topological polar surface area (TPSA) is 38.8 Å². The van der Waals surface area contributed by atoms with E-state index in [4.69, 9.17) is 9.47 Å². The largest absolute Gasteiger partial charge is 0.489 e. The van der Waals surface area contributed by atoms with Crippen LogP contribution in [-0.2, 0) is 11.3 Å². The third-order valence-electron chi connectivity index (χ3n) is 5.05. The van der Waals surface area contributed by atoms with Crippen molar-refractivity contribution in [3.8, 4) is 5.75 Å². The molecule has 0 saturated carbocycles. The van der Waals surface area contributed by atoms with E-state index in [2.05, 4.69) is 0 Å². The minimum absolute atomic E-state index is 0.00578. The quantitative estimate of drug-likeness (QED) is 0.627. The molecule has 148 valence electrons. The van der Waals surface area contributed by atoms with Crippen molar-refractivity contribution < 1.29 is 14.3 Å². The van der Waals surface area contributed by atoms with Crippen molar-refractivity contribution in [3.05, 3.63) is 102 Å². The third-order valence-corrected chi connectivity index (χ3v) is 5.05. The van der Waals surface area contributed by atoms with Gasteiger partial charge in [-0.1, -0.05) is 66.7 Å². The van der Waals surface area contributed by atoms with Gasteiger partial charge in [-0.15, -0.1) is 0 Å². The number of amides is 1. The molecule has 0 aromatic heterocycles. The smallest absolute Gasteiger partial charge is 0.254 e. The summed E-state index contributed by atoms with van der Waals surface area (Å²) in [5.41, 5.74) is 2.82. The first-order valence-corrected chi connectivity index (χ1v) is 9.95. The van der Waals surface area contributed by atoms with Crippen molar-refractivity contribution >= 4 is 5.91 Å². The molecule has 1 amide bonds. The molecule has 0 aliphatic carbocycles. The maximum atomic E-state index is 13.2. The Morgan fingerprint density at radius 3 is 2.45 bits per heavy atom. The second-order valence-corrected chi connectivity index (χ2v) is 7.36. The van der Waals surface area contributed by atoms with Crippen molar-refractivity contribution in [3.63, 3.8) is 0 Å². The predicted molar refractivity (Wildman–Crippen MR) is 113 cm³/mol. The Morgan fingerprint density at radius 1 is 0.966 bits per heavy atom. The van der Waals surface area contributed by atoms with E-state index in [1.807, 2.05) is 96.8 Å². The van der Waals surface area contributed by atoms with Crippen LogP contribution < -0.4 is 4.74 Å². The number of ether oxygens (including phenoxy) is 2. The Morgan fingerprint density at radius 2 is 1.69 bits per heavy atom. The minimum atomic E-state index is -0.110. The van der Waals surface area contributed by atoms with E-state index >= 15 is 0 Å². The summed E-state index contributed by atoms with van der Waals surface area (Å²) < 4.78 is 12.0. The Labute approximate surface area is 171 Å². The molecule has 1 fully saturated rings. The molecular formula is C25H25NO3. The molecule has 1 heterocycles. The lowest BCUT2D eigenvalue weighted by molar-refractivity contribution is -0.0691. The summed E-state index contributed by atoms with van der Waals surface area (Å²) in [7, 11) is 0. The highest BCUT2D eigenvalue weighted by Gasteiger charge is 2.30. The average molecular weight is 387 g/mol. The van der Waals surface area contributed by atoms with Gasteiger partial charge in [-0.2, -0.15) is 0 Å². The van der Waals surface area contributed by atoms with Gasteiger partial charge in [0.1, 0.15) is 18.5 Å². The molecule has 3 aromatic rings. The molecule has 2 unspecified atom stereocenters. The SMILES string of the molecule is CC1CN(C(=O)c2cccc(OCc3ccccc3)c2)CC(c2ccccc2)O1. The zero-order valence-electron chi connectivity index (χ0n) is 16.5. The Bertz CT molecular complexity index is 943. The highest BCUT2D eigenvalue weighted by molar-refractivity contribution is 5.94. The first kappa shape index (κ1) is 19.2. The first-order valence-electron chi connectivity index (χ1n) is 9.95. The van der Waals surface area contributed by atoms with Gasteiger partial charge in [0.2, 0.25) is 0 Å². The predicted octanol–water partition coefficient (Wildman–Crippen LogP) is 4.87. The van der Waals surface area contributed by atoms with Crippen LogP contribution in [0.25, 0.3) is 0 Å². The Hall–Kier alpha value is -3.11. The molecule has 3 aromatic carbocycles. The van der Waals surface area contributed by atoms with Crippen LogP contribution in [0.1, 0.15) is 34.5 Å². The lowest BCUT2D eigenvalue weighted by Gasteiger charge is -2.37. The molecule has 0 radical (unpaired) electrons. The molecular weight excluding hydrogens is 362 g/mol. The van der Waals surface area contributed by atoms with E-state index in [-0.39, 0.29) is 18.1 Å². The molecule has 1 saturated heterocycles. The summed E-state index contributed by atoms with van der Waals surface area (Å²) >= 11 is 0. The van der Waals surface area contributed by atoms with Gasteiger partial charge in [-0.25, -0.2) is 0 Å². The molecule has 0 N–H and O–H groups in total. The summed E-state index contributed by atoms with van der Waals surface area (Å²) in [5, 5.41) is 0. The number of carbonyl (C=O) groups is 1. The fraction of sp³-hybridized carbons (Fsp3) is 0.240. The number of morpholine rings is 1. The van der Waals surface area contributed by atoms with Crippen molar-refractivity contribution in [2.45, 2.75) is 25.7 Å². The van der Waals surface area contributed by atoms with E-state index in [0.29, 0.717) is 31.0 Å². The number of rotatable bonds is 5. The van der Waals surface area contributed by atoms with E-state index in [9.17, 15) is 4.79 Å². The van der Waals surface area contributed by atoms with Crippen molar-refractivity contribution in [1.29, 1.82) is 0 Å². The van der Waals surface area contributed by atoms with Crippen LogP contribution in [0, 0.1) is 0 Å². The second kappa shape index (κ2) is 8.93. The highest BCUT2D eigenvalue weighted by atomic mass is 16.5. The van der Waals surface area contributed by atoms with Crippen molar-refractivity contribution in [1.82, 2.24) is 4.90 Å². The maximum absolute atomic E-state index is 13.2. The standard InChI is InChI=1S/C25H25NO3/c1-19-16-26(17-24(29-19)21-11-6-3-7-12-21)25(27)22-13-8-14-23(15-22)28-18-20-9-4-2-5-10-20/h2-15,19,24H,16-18H2,1H3. The average Bonchev–Trinajstić information content (AvgIpc) is 2.78.